The molecule has 0 saturated carbocycles. The van der Waals surface area contributed by atoms with Crippen LogP contribution in [0.4, 0.5) is 0 Å². The van der Waals surface area contributed by atoms with Crippen LogP contribution in [0.2, 0.25) is 0 Å². The van der Waals surface area contributed by atoms with Crippen molar-refractivity contribution >= 4 is 0 Å². The maximum Gasteiger partial charge on any atom is 0.0627 e. The fourth-order valence-corrected chi connectivity index (χ4v) is 3.28. The number of rotatable bonds is 3. The minimum Gasteiger partial charge on any atom is -0.375 e. The molecule has 2 heteroatoms. The van der Waals surface area contributed by atoms with E-state index in [1.54, 1.807) is 0 Å². The molecule has 4 atom stereocenters. The molecule has 2 aliphatic rings. The largest absolute Gasteiger partial charge is 0.375 e. The fourth-order valence-electron chi connectivity index (χ4n) is 3.28. The normalized spacial score (nSPS) is 32.9. The van der Waals surface area contributed by atoms with E-state index in [0.29, 0.717) is 18.1 Å². The Morgan fingerprint density at radius 3 is 2.59 bits per heavy atom. The minimum atomic E-state index is 0.149. The summed E-state index contributed by atoms with van der Waals surface area (Å²) < 4.78 is 5.89. The lowest BCUT2D eigenvalue weighted by Gasteiger charge is -2.25. The highest BCUT2D eigenvalue weighted by Gasteiger charge is 2.43. The topological polar surface area (TPSA) is 35.2 Å². The lowest BCUT2D eigenvalue weighted by molar-refractivity contribution is 0.0885. The molecule has 2 N–H and O–H groups in total. The van der Waals surface area contributed by atoms with Gasteiger partial charge in [-0.1, -0.05) is 31.2 Å². The van der Waals surface area contributed by atoms with Crippen molar-refractivity contribution in [3.05, 3.63) is 35.4 Å². The molecule has 2 nitrogen and oxygen atoms in total. The summed E-state index contributed by atoms with van der Waals surface area (Å²) in [5, 5.41) is 0. The Morgan fingerprint density at radius 1 is 1.29 bits per heavy atom. The molecule has 2 aliphatic heterocycles. The fraction of sp³-hybridized carbons (Fsp3) is 0.600. The van der Waals surface area contributed by atoms with Crippen molar-refractivity contribution in [1.29, 1.82) is 0 Å². The number of aryl methyl sites for hydroxylation is 1. The monoisotopic (exact) mass is 231 g/mol. The van der Waals surface area contributed by atoms with E-state index in [2.05, 4.69) is 31.2 Å². The molecule has 92 valence electrons. The molecule has 0 aromatic heterocycles. The first-order valence-corrected chi connectivity index (χ1v) is 6.78. The van der Waals surface area contributed by atoms with E-state index in [4.69, 9.17) is 10.5 Å². The number of nitrogens with two attached hydrogens (primary N) is 1. The number of hydrogen-bond acceptors (Lipinski definition) is 2. The third-order valence-corrected chi connectivity index (χ3v) is 4.39. The van der Waals surface area contributed by atoms with Gasteiger partial charge in [-0.2, -0.15) is 0 Å². The van der Waals surface area contributed by atoms with Crippen LogP contribution in [0.5, 0.6) is 0 Å². The molecule has 3 rings (SSSR count). The highest BCUT2D eigenvalue weighted by Crippen LogP contribution is 2.43. The van der Waals surface area contributed by atoms with Gasteiger partial charge >= 0.3 is 0 Å². The van der Waals surface area contributed by atoms with E-state index in [-0.39, 0.29) is 6.04 Å². The molecule has 0 aliphatic carbocycles. The van der Waals surface area contributed by atoms with Gasteiger partial charge < -0.3 is 10.5 Å². The average Bonchev–Trinajstić information content (AvgIpc) is 3.00. The Balaban J connectivity index is 1.74. The van der Waals surface area contributed by atoms with Crippen molar-refractivity contribution in [1.82, 2.24) is 0 Å². The van der Waals surface area contributed by atoms with Gasteiger partial charge in [-0.25, -0.2) is 0 Å². The van der Waals surface area contributed by atoms with E-state index in [9.17, 15) is 0 Å². The maximum absolute atomic E-state index is 6.40. The Hall–Kier alpha value is -0.860. The molecule has 2 bridgehead atoms. The highest BCUT2D eigenvalue weighted by molar-refractivity contribution is 5.26. The molecule has 2 heterocycles. The molecule has 0 amide bonds. The number of benzene rings is 1. The van der Waals surface area contributed by atoms with Crippen LogP contribution >= 0.6 is 0 Å². The zero-order valence-electron chi connectivity index (χ0n) is 10.4. The Morgan fingerprint density at radius 2 is 2.06 bits per heavy atom. The van der Waals surface area contributed by atoms with Crippen LogP contribution in [0.25, 0.3) is 0 Å². The van der Waals surface area contributed by atoms with Gasteiger partial charge in [0.05, 0.1) is 12.2 Å². The first-order chi connectivity index (χ1) is 8.28. The van der Waals surface area contributed by atoms with Gasteiger partial charge in [-0.05, 0) is 36.8 Å². The van der Waals surface area contributed by atoms with Crippen molar-refractivity contribution in [3.63, 3.8) is 0 Å². The third-order valence-electron chi connectivity index (χ3n) is 4.39. The number of hydrogen-bond donors (Lipinski definition) is 1. The van der Waals surface area contributed by atoms with Crippen molar-refractivity contribution in [3.8, 4) is 0 Å². The van der Waals surface area contributed by atoms with Gasteiger partial charge in [-0.3, -0.25) is 0 Å². The van der Waals surface area contributed by atoms with Gasteiger partial charge in [0.15, 0.2) is 0 Å². The van der Waals surface area contributed by atoms with Crippen LogP contribution < -0.4 is 5.73 Å². The molecule has 2 fully saturated rings. The predicted octanol–water partition coefficient (Wildman–Crippen LogP) is 2.82. The van der Waals surface area contributed by atoms with Gasteiger partial charge in [0.2, 0.25) is 0 Å². The zero-order valence-corrected chi connectivity index (χ0v) is 10.4. The summed E-state index contributed by atoms with van der Waals surface area (Å²) in [5.74, 6) is 0.529. The zero-order chi connectivity index (χ0) is 11.8. The SMILES string of the molecule is CCc1ccc(C(N)C2CC3CCC2O3)cc1. The van der Waals surface area contributed by atoms with Crippen molar-refractivity contribution < 1.29 is 4.74 Å². The molecule has 0 radical (unpaired) electrons. The second-order valence-corrected chi connectivity index (χ2v) is 5.39. The van der Waals surface area contributed by atoms with Crippen molar-refractivity contribution in [2.24, 2.45) is 11.7 Å². The lowest BCUT2D eigenvalue weighted by Crippen LogP contribution is -2.29. The average molecular weight is 231 g/mol. The molecule has 1 aromatic carbocycles. The molecule has 1 aromatic rings. The van der Waals surface area contributed by atoms with Crippen LogP contribution in [-0.4, -0.2) is 12.2 Å². The van der Waals surface area contributed by atoms with Crippen LogP contribution in [0.3, 0.4) is 0 Å². The summed E-state index contributed by atoms with van der Waals surface area (Å²) in [6.07, 6.45) is 5.60. The minimum absolute atomic E-state index is 0.149. The summed E-state index contributed by atoms with van der Waals surface area (Å²) in [6.45, 7) is 2.18. The highest BCUT2D eigenvalue weighted by atomic mass is 16.5. The summed E-state index contributed by atoms with van der Waals surface area (Å²) in [5.41, 5.74) is 9.05. The summed E-state index contributed by atoms with van der Waals surface area (Å²) in [7, 11) is 0. The molecule has 4 unspecified atom stereocenters. The van der Waals surface area contributed by atoms with Crippen LogP contribution in [-0.2, 0) is 11.2 Å². The van der Waals surface area contributed by atoms with Gasteiger partial charge in [0, 0.05) is 12.0 Å². The molecular weight excluding hydrogens is 210 g/mol. The van der Waals surface area contributed by atoms with Crippen LogP contribution in [0.15, 0.2) is 24.3 Å². The smallest absolute Gasteiger partial charge is 0.0627 e. The molecule has 17 heavy (non-hydrogen) atoms. The summed E-state index contributed by atoms with van der Waals surface area (Å²) >= 11 is 0. The number of ether oxygens (including phenoxy) is 1. The van der Waals surface area contributed by atoms with Crippen LogP contribution in [0, 0.1) is 5.92 Å². The van der Waals surface area contributed by atoms with E-state index < -0.39 is 0 Å². The third kappa shape index (κ3) is 2.00. The Labute approximate surface area is 103 Å². The Bertz CT molecular complexity index is 386. The van der Waals surface area contributed by atoms with Gasteiger partial charge in [-0.15, -0.1) is 0 Å². The first kappa shape index (κ1) is 11.2. The van der Waals surface area contributed by atoms with Gasteiger partial charge in [0.25, 0.3) is 0 Å². The first-order valence-electron chi connectivity index (χ1n) is 6.78. The van der Waals surface area contributed by atoms with E-state index >= 15 is 0 Å². The van der Waals surface area contributed by atoms with E-state index in [1.165, 1.54) is 24.0 Å². The second-order valence-electron chi connectivity index (χ2n) is 5.39. The standard InChI is InChI=1S/C15H21NO/c1-2-10-3-5-11(6-4-10)15(16)13-9-12-7-8-14(13)17-12/h3-6,12-15H,2,7-9,16H2,1H3. The molecule has 2 saturated heterocycles. The second kappa shape index (κ2) is 4.43. The van der Waals surface area contributed by atoms with Crippen molar-refractivity contribution in [2.45, 2.75) is 50.9 Å². The Kier molecular flexibility index (Phi) is 2.93. The maximum atomic E-state index is 6.40. The quantitative estimate of drug-likeness (QED) is 0.868. The molecule has 0 spiro atoms. The lowest BCUT2D eigenvalue weighted by atomic mass is 9.81. The number of fused-ring (bicyclic) bond motifs is 2. The van der Waals surface area contributed by atoms with Crippen molar-refractivity contribution in [2.75, 3.05) is 0 Å². The van der Waals surface area contributed by atoms with E-state index in [1.807, 2.05) is 0 Å². The van der Waals surface area contributed by atoms with Crippen LogP contribution in [0.1, 0.15) is 43.4 Å². The predicted molar refractivity (Wildman–Crippen MR) is 68.8 cm³/mol. The van der Waals surface area contributed by atoms with Gasteiger partial charge in [0.1, 0.15) is 0 Å². The molecular formula is C15H21NO. The summed E-state index contributed by atoms with van der Waals surface area (Å²) in [4.78, 5) is 0. The summed E-state index contributed by atoms with van der Waals surface area (Å²) in [6, 6.07) is 8.92. The van der Waals surface area contributed by atoms with E-state index in [0.717, 1.165) is 12.8 Å².